The lowest BCUT2D eigenvalue weighted by atomic mass is 9.95. The zero-order chi connectivity index (χ0) is 19.9. The Morgan fingerprint density at radius 2 is 1.82 bits per heavy atom. The molecule has 1 fully saturated rings. The number of carbonyl (C=O) groups is 2. The second-order valence-corrected chi connectivity index (χ2v) is 7.57. The van der Waals surface area contributed by atoms with Crippen LogP contribution in [0.2, 0.25) is 0 Å². The van der Waals surface area contributed by atoms with Gasteiger partial charge in [0, 0.05) is 18.8 Å². The molecule has 0 saturated carbocycles. The number of piperidine rings is 1. The van der Waals surface area contributed by atoms with E-state index >= 15 is 0 Å². The van der Waals surface area contributed by atoms with Crippen molar-refractivity contribution < 1.29 is 9.59 Å². The summed E-state index contributed by atoms with van der Waals surface area (Å²) in [7, 11) is 0. The Hall–Kier alpha value is -2.66. The number of likely N-dealkylation sites (tertiary alicyclic amines) is 1. The molecule has 2 aromatic rings. The van der Waals surface area contributed by atoms with E-state index in [1.807, 2.05) is 68.4 Å². The van der Waals surface area contributed by atoms with Crippen molar-refractivity contribution in [2.45, 2.75) is 39.3 Å². The molecule has 1 aliphatic rings. The van der Waals surface area contributed by atoms with E-state index in [-0.39, 0.29) is 23.8 Å². The van der Waals surface area contributed by atoms with Crippen molar-refractivity contribution in [3.8, 4) is 0 Å². The fourth-order valence-electron chi connectivity index (χ4n) is 3.55. The van der Waals surface area contributed by atoms with Gasteiger partial charge in [-0.05, 0) is 50.9 Å². The van der Waals surface area contributed by atoms with Crippen molar-refractivity contribution in [1.82, 2.24) is 10.2 Å². The number of nitrogens with one attached hydrogen (secondary N) is 2. The van der Waals surface area contributed by atoms with Gasteiger partial charge in [-0.1, -0.05) is 48.0 Å². The van der Waals surface area contributed by atoms with Gasteiger partial charge in [0.05, 0.1) is 12.0 Å². The third-order valence-electron chi connectivity index (χ3n) is 5.38. The minimum atomic E-state index is -0.252. The molecule has 5 heteroatoms. The summed E-state index contributed by atoms with van der Waals surface area (Å²) in [4.78, 5) is 27.3. The van der Waals surface area contributed by atoms with Crippen LogP contribution in [0.15, 0.2) is 54.6 Å². The summed E-state index contributed by atoms with van der Waals surface area (Å²) in [6, 6.07) is 17.4. The molecule has 28 heavy (non-hydrogen) atoms. The van der Waals surface area contributed by atoms with E-state index in [0.29, 0.717) is 13.1 Å². The van der Waals surface area contributed by atoms with Crippen LogP contribution in [0, 0.1) is 12.8 Å². The Morgan fingerprint density at radius 3 is 2.54 bits per heavy atom. The Balaban J connectivity index is 1.51. The van der Waals surface area contributed by atoms with Crippen molar-refractivity contribution in [2.75, 3.05) is 18.4 Å². The van der Waals surface area contributed by atoms with Crippen molar-refractivity contribution in [3.05, 3.63) is 65.7 Å². The van der Waals surface area contributed by atoms with Crippen LogP contribution in [0.3, 0.4) is 0 Å². The van der Waals surface area contributed by atoms with Gasteiger partial charge in [0.15, 0.2) is 0 Å². The standard InChI is InChI=1S/C23H29N3O2/c1-17-10-12-19(13-11-17)15-24-22(27)18(2)26-14-6-7-20(16-26)23(28)25-21-8-4-3-5-9-21/h3-5,8-13,18,20H,6-7,14-16H2,1-2H3,(H,24,27)(H,25,28). The van der Waals surface area contributed by atoms with Gasteiger partial charge >= 0.3 is 0 Å². The minimum absolute atomic E-state index is 0.00434. The smallest absolute Gasteiger partial charge is 0.237 e. The Morgan fingerprint density at radius 1 is 1.11 bits per heavy atom. The summed E-state index contributed by atoms with van der Waals surface area (Å²) in [5.74, 6) is -0.0610. The number of anilines is 1. The van der Waals surface area contributed by atoms with Crippen molar-refractivity contribution in [2.24, 2.45) is 5.92 Å². The van der Waals surface area contributed by atoms with E-state index in [9.17, 15) is 9.59 Å². The number of aryl methyl sites for hydroxylation is 1. The van der Waals surface area contributed by atoms with Crippen LogP contribution in [0.25, 0.3) is 0 Å². The number of para-hydroxylation sites is 1. The predicted octanol–water partition coefficient (Wildman–Crippen LogP) is 3.35. The van der Waals surface area contributed by atoms with Crippen molar-refractivity contribution in [3.63, 3.8) is 0 Å². The molecule has 1 saturated heterocycles. The summed E-state index contributed by atoms with van der Waals surface area (Å²) in [5.41, 5.74) is 3.11. The quantitative estimate of drug-likeness (QED) is 0.809. The Kier molecular flexibility index (Phi) is 6.82. The predicted molar refractivity (Wildman–Crippen MR) is 112 cm³/mol. The van der Waals surface area contributed by atoms with Gasteiger partial charge in [-0.3, -0.25) is 14.5 Å². The fraction of sp³-hybridized carbons (Fsp3) is 0.391. The first-order valence-electron chi connectivity index (χ1n) is 9.96. The van der Waals surface area contributed by atoms with Gasteiger partial charge < -0.3 is 10.6 Å². The van der Waals surface area contributed by atoms with Crippen LogP contribution in [-0.4, -0.2) is 35.8 Å². The molecule has 2 amide bonds. The second-order valence-electron chi connectivity index (χ2n) is 7.57. The molecule has 0 aliphatic carbocycles. The fourth-order valence-corrected chi connectivity index (χ4v) is 3.55. The summed E-state index contributed by atoms with van der Waals surface area (Å²) >= 11 is 0. The number of hydrogen-bond donors (Lipinski definition) is 2. The molecule has 3 rings (SSSR count). The molecule has 1 aliphatic heterocycles. The summed E-state index contributed by atoms with van der Waals surface area (Å²) in [5, 5.41) is 6.00. The van der Waals surface area contributed by atoms with Gasteiger partial charge in [-0.25, -0.2) is 0 Å². The van der Waals surface area contributed by atoms with E-state index in [1.165, 1.54) is 5.56 Å². The maximum absolute atomic E-state index is 12.6. The molecular weight excluding hydrogens is 350 g/mol. The molecule has 2 atom stereocenters. The topological polar surface area (TPSA) is 61.4 Å². The molecule has 2 unspecified atom stereocenters. The molecule has 5 nitrogen and oxygen atoms in total. The molecule has 2 aromatic carbocycles. The second kappa shape index (κ2) is 9.51. The maximum Gasteiger partial charge on any atom is 0.237 e. The van der Waals surface area contributed by atoms with Gasteiger partial charge in [-0.15, -0.1) is 0 Å². The van der Waals surface area contributed by atoms with E-state index in [0.717, 1.165) is 30.6 Å². The number of nitrogens with zero attached hydrogens (tertiary/aromatic N) is 1. The van der Waals surface area contributed by atoms with Crippen LogP contribution in [0.1, 0.15) is 30.9 Å². The van der Waals surface area contributed by atoms with E-state index < -0.39 is 0 Å². The highest BCUT2D eigenvalue weighted by molar-refractivity contribution is 5.92. The highest BCUT2D eigenvalue weighted by Crippen LogP contribution is 2.20. The van der Waals surface area contributed by atoms with E-state index in [2.05, 4.69) is 15.5 Å². The molecule has 1 heterocycles. The number of rotatable bonds is 6. The summed E-state index contributed by atoms with van der Waals surface area (Å²) in [6.45, 7) is 5.94. The van der Waals surface area contributed by atoms with Gasteiger partial charge in [0.1, 0.15) is 0 Å². The molecule has 148 valence electrons. The average Bonchev–Trinajstić information content (AvgIpc) is 2.73. The highest BCUT2D eigenvalue weighted by atomic mass is 16.2. The first kappa shape index (κ1) is 20.1. The lowest BCUT2D eigenvalue weighted by molar-refractivity contribution is -0.129. The van der Waals surface area contributed by atoms with Crippen LogP contribution in [-0.2, 0) is 16.1 Å². The van der Waals surface area contributed by atoms with Gasteiger partial charge in [0.2, 0.25) is 11.8 Å². The molecule has 0 spiro atoms. The van der Waals surface area contributed by atoms with E-state index in [4.69, 9.17) is 0 Å². The molecule has 0 bridgehead atoms. The number of benzene rings is 2. The lowest BCUT2D eigenvalue weighted by Gasteiger charge is -2.35. The SMILES string of the molecule is Cc1ccc(CNC(=O)C(C)N2CCCC(C(=O)Nc3ccccc3)C2)cc1. The van der Waals surface area contributed by atoms with Crippen molar-refractivity contribution in [1.29, 1.82) is 0 Å². The molecule has 0 aromatic heterocycles. The summed E-state index contributed by atoms with van der Waals surface area (Å²) < 4.78 is 0. The minimum Gasteiger partial charge on any atom is -0.351 e. The first-order chi connectivity index (χ1) is 13.5. The van der Waals surface area contributed by atoms with Crippen LogP contribution in [0.4, 0.5) is 5.69 Å². The molecule has 0 radical (unpaired) electrons. The Bertz CT molecular complexity index is 789. The number of amides is 2. The third kappa shape index (κ3) is 5.42. The first-order valence-corrected chi connectivity index (χ1v) is 9.96. The average molecular weight is 380 g/mol. The largest absolute Gasteiger partial charge is 0.351 e. The zero-order valence-corrected chi connectivity index (χ0v) is 16.7. The number of carbonyl (C=O) groups excluding carboxylic acids is 2. The number of hydrogen-bond acceptors (Lipinski definition) is 3. The Labute approximate surface area is 167 Å². The summed E-state index contributed by atoms with van der Waals surface area (Å²) in [6.07, 6.45) is 1.77. The maximum atomic E-state index is 12.6. The normalized spacial score (nSPS) is 18.3. The highest BCUT2D eigenvalue weighted by Gasteiger charge is 2.30. The van der Waals surface area contributed by atoms with Crippen molar-refractivity contribution >= 4 is 17.5 Å². The van der Waals surface area contributed by atoms with Gasteiger partial charge in [-0.2, -0.15) is 0 Å². The van der Waals surface area contributed by atoms with E-state index in [1.54, 1.807) is 0 Å². The van der Waals surface area contributed by atoms with Crippen LogP contribution in [0.5, 0.6) is 0 Å². The third-order valence-corrected chi connectivity index (χ3v) is 5.38. The van der Waals surface area contributed by atoms with Crippen LogP contribution >= 0.6 is 0 Å². The zero-order valence-electron chi connectivity index (χ0n) is 16.7. The van der Waals surface area contributed by atoms with Crippen LogP contribution < -0.4 is 10.6 Å². The lowest BCUT2D eigenvalue weighted by Crippen LogP contribution is -2.50. The molecular formula is C23H29N3O2. The monoisotopic (exact) mass is 379 g/mol. The molecule has 2 N–H and O–H groups in total. The van der Waals surface area contributed by atoms with Gasteiger partial charge in [0.25, 0.3) is 0 Å².